The number of aliphatic hydroxyl groups is 2. The molecule has 10 atom stereocenters. The van der Waals surface area contributed by atoms with E-state index in [9.17, 15) is 15.0 Å². The maximum absolute atomic E-state index is 12.8. The minimum atomic E-state index is -0.793. The summed E-state index contributed by atoms with van der Waals surface area (Å²) in [6.07, 6.45) is 13.0. The third-order valence-electron chi connectivity index (χ3n) is 14.4. The van der Waals surface area contributed by atoms with Gasteiger partial charge in [0.1, 0.15) is 6.10 Å². The van der Waals surface area contributed by atoms with Crippen molar-refractivity contribution in [2.75, 3.05) is 7.11 Å². The summed E-state index contributed by atoms with van der Waals surface area (Å²) in [5.41, 5.74) is -0.850. The Hall–Kier alpha value is -0.650. The molecule has 0 saturated heterocycles. The van der Waals surface area contributed by atoms with Gasteiger partial charge in [0.25, 0.3) is 0 Å². The van der Waals surface area contributed by atoms with Crippen LogP contribution < -0.4 is 0 Å². The fourth-order valence-electron chi connectivity index (χ4n) is 11.5. The first kappa shape index (κ1) is 34.2. The lowest BCUT2D eigenvalue weighted by Crippen LogP contribution is -2.66. The highest BCUT2D eigenvalue weighted by atomic mass is 16.5. The van der Waals surface area contributed by atoms with Crippen LogP contribution in [0.15, 0.2) is 0 Å². The van der Waals surface area contributed by atoms with Gasteiger partial charge in [-0.05, 0) is 131 Å². The van der Waals surface area contributed by atoms with Gasteiger partial charge in [-0.1, -0.05) is 54.4 Å². The SMILES string of the molecule is CCCCCC(=O)O[C@H]1CC[C@]2(C)[C@H]3C[C@@H](O)[C@@H]4[C@@H]([C@](C)(O)CCCC(C)(C)OC)CC[C@@]4(C)[C@]3(C)CC[C@H]2C1(C)C. The Morgan fingerprint density at radius 3 is 2.19 bits per heavy atom. The molecule has 0 spiro atoms. The van der Waals surface area contributed by atoms with Gasteiger partial charge in [-0.3, -0.25) is 4.79 Å². The predicted molar refractivity (Wildman–Crippen MR) is 170 cm³/mol. The van der Waals surface area contributed by atoms with Crippen molar-refractivity contribution in [1.29, 1.82) is 0 Å². The second-order valence-corrected chi connectivity index (χ2v) is 17.4. The number of esters is 1. The fourth-order valence-corrected chi connectivity index (χ4v) is 11.5. The van der Waals surface area contributed by atoms with E-state index in [4.69, 9.17) is 9.47 Å². The van der Waals surface area contributed by atoms with Crippen LogP contribution in [0, 0.1) is 45.3 Å². The number of hydrogen-bond donors (Lipinski definition) is 2. The van der Waals surface area contributed by atoms with Crippen LogP contribution >= 0.6 is 0 Å². The van der Waals surface area contributed by atoms with Crippen LogP contribution in [0.3, 0.4) is 0 Å². The molecule has 0 aromatic rings. The molecule has 244 valence electrons. The standard InChI is InChI=1S/C37H66O5/c1-11-12-13-15-30(39)42-29-18-21-34(6)27(33(29,4)5)17-23-35(7)28(34)24-26(38)31-25(16-22-36(31,35)8)37(9,40)20-14-19-32(2,3)41-10/h25-29,31,38,40H,11-24H2,1-10H3/t25-,26+,27-,28+,29-,31-,34-,35+,36+,37+/m0/s1. The molecular formula is C37H66O5. The van der Waals surface area contributed by atoms with E-state index in [1.807, 2.05) is 6.92 Å². The molecule has 5 nitrogen and oxygen atoms in total. The van der Waals surface area contributed by atoms with E-state index in [1.54, 1.807) is 7.11 Å². The van der Waals surface area contributed by atoms with Crippen molar-refractivity contribution >= 4 is 5.97 Å². The van der Waals surface area contributed by atoms with E-state index < -0.39 is 11.7 Å². The van der Waals surface area contributed by atoms with E-state index in [-0.39, 0.29) is 51.2 Å². The largest absolute Gasteiger partial charge is 0.462 e. The average molecular weight is 591 g/mol. The normalized spacial score (nSPS) is 42.7. The molecule has 0 aliphatic heterocycles. The molecule has 0 radical (unpaired) electrons. The van der Waals surface area contributed by atoms with Crippen LogP contribution in [0.1, 0.15) is 152 Å². The maximum Gasteiger partial charge on any atom is 0.306 e. The van der Waals surface area contributed by atoms with Crippen molar-refractivity contribution in [3.63, 3.8) is 0 Å². The second kappa shape index (κ2) is 11.9. The molecule has 4 saturated carbocycles. The van der Waals surface area contributed by atoms with Crippen LogP contribution in [0.5, 0.6) is 0 Å². The first-order valence-corrected chi connectivity index (χ1v) is 17.5. The van der Waals surface area contributed by atoms with E-state index >= 15 is 0 Å². The first-order chi connectivity index (χ1) is 19.4. The Bertz CT molecular complexity index is 956. The smallest absolute Gasteiger partial charge is 0.306 e. The molecule has 4 aliphatic rings. The molecule has 0 unspecified atom stereocenters. The Balaban J connectivity index is 1.53. The highest BCUT2D eigenvalue weighted by molar-refractivity contribution is 5.69. The molecule has 2 N–H and O–H groups in total. The van der Waals surface area contributed by atoms with E-state index in [0.29, 0.717) is 18.3 Å². The maximum atomic E-state index is 12.8. The molecule has 4 aliphatic carbocycles. The van der Waals surface area contributed by atoms with Crippen LogP contribution in [0.4, 0.5) is 0 Å². The molecule has 4 rings (SSSR count). The summed E-state index contributed by atoms with van der Waals surface area (Å²) >= 11 is 0. The summed E-state index contributed by atoms with van der Waals surface area (Å²) in [5, 5.41) is 23.9. The Kier molecular flexibility index (Phi) is 9.73. The number of aliphatic hydroxyl groups excluding tert-OH is 1. The minimum Gasteiger partial charge on any atom is -0.462 e. The van der Waals surface area contributed by atoms with Crippen molar-refractivity contribution in [1.82, 2.24) is 0 Å². The number of carbonyl (C=O) groups excluding carboxylic acids is 1. The lowest BCUT2D eigenvalue weighted by molar-refractivity contribution is -0.249. The second-order valence-electron chi connectivity index (χ2n) is 17.4. The lowest BCUT2D eigenvalue weighted by atomic mass is 9.35. The molecule has 0 heterocycles. The van der Waals surface area contributed by atoms with Crippen LogP contribution in [-0.4, -0.2) is 46.7 Å². The molecule has 0 aromatic heterocycles. The van der Waals surface area contributed by atoms with E-state index in [2.05, 4.69) is 55.4 Å². The van der Waals surface area contributed by atoms with Gasteiger partial charge in [0.15, 0.2) is 0 Å². The average Bonchev–Trinajstić information content (AvgIpc) is 3.28. The molecule has 0 amide bonds. The zero-order valence-corrected chi connectivity index (χ0v) is 29.0. The lowest BCUT2D eigenvalue weighted by Gasteiger charge is -2.70. The van der Waals surface area contributed by atoms with Gasteiger partial charge < -0.3 is 19.7 Å². The van der Waals surface area contributed by atoms with Crippen LogP contribution in [0.2, 0.25) is 0 Å². The first-order valence-electron chi connectivity index (χ1n) is 17.5. The summed E-state index contributed by atoms with van der Waals surface area (Å²) in [5.74, 6) is 1.10. The monoisotopic (exact) mass is 590 g/mol. The number of unbranched alkanes of at least 4 members (excludes halogenated alkanes) is 2. The van der Waals surface area contributed by atoms with Crippen molar-refractivity contribution in [2.24, 2.45) is 45.3 Å². The topological polar surface area (TPSA) is 76.0 Å². The molecular weight excluding hydrogens is 524 g/mol. The van der Waals surface area contributed by atoms with Crippen molar-refractivity contribution in [2.45, 2.75) is 176 Å². The zero-order valence-electron chi connectivity index (χ0n) is 29.0. The van der Waals surface area contributed by atoms with Gasteiger partial charge in [0.2, 0.25) is 0 Å². The zero-order chi connectivity index (χ0) is 31.4. The van der Waals surface area contributed by atoms with Gasteiger partial charge in [-0.15, -0.1) is 0 Å². The summed E-state index contributed by atoms with van der Waals surface area (Å²) in [6.45, 7) is 20.6. The number of rotatable bonds is 11. The minimum absolute atomic E-state index is 0.00347. The van der Waals surface area contributed by atoms with Crippen LogP contribution in [-0.2, 0) is 14.3 Å². The number of fused-ring (bicyclic) bond motifs is 5. The van der Waals surface area contributed by atoms with E-state index in [0.717, 1.165) is 83.5 Å². The summed E-state index contributed by atoms with van der Waals surface area (Å²) in [7, 11) is 1.76. The van der Waals surface area contributed by atoms with E-state index in [1.165, 1.54) is 0 Å². The van der Waals surface area contributed by atoms with Crippen molar-refractivity contribution < 1.29 is 24.5 Å². The Morgan fingerprint density at radius 1 is 0.881 bits per heavy atom. The van der Waals surface area contributed by atoms with Gasteiger partial charge >= 0.3 is 5.97 Å². The molecule has 0 bridgehead atoms. The van der Waals surface area contributed by atoms with Gasteiger partial charge in [0, 0.05) is 18.9 Å². The Labute approximate surface area is 258 Å². The Morgan fingerprint density at radius 2 is 1.55 bits per heavy atom. The van der Waals surface area contributed by atoms with Gasteiger partial charge in [-0.2, -0.15) is 0 Å². The fraction of sp³-hybridized carbons (Fsp3) is 0.973. The molecule has 0 aromatic carbocycles. The van der Waals surface area contributed by atoms with Crippen molar-refractivity contribution in [3.05, 3.63) is 0 Å². The van der Waals surface area contributed by atoms with Crippen molar-refractivity contribution in [3.8, 4) is 0 Å². The highest BCUT2D eigenvalue weighted by Gasteiger charge is 2.71. The van der Waals surface area contributed by atoms with Crippen LogP contribution in [0.25, 0.3) is 0 Å². The molecule has 42 heavy (non-hydrogen) atoms. The van der Waals surface area contributed by atoms with Gasteiger partial charge in [0.05, 0.1) is 17.3 Å². The molecule has 5 heteroatoms. The number of ether oxygens (including phenoxy) is 2. The van der Waals surface area contributed by atoms with Gasteiger partial charge in [-0.25, -0.2) is 0 Å². The summed E-state index contributed by atoms with van der Waals surface area (Å²) in [4.78, 5) is 12.8. The summed E-state index contributed by atoms with van der Waals surface area (Å²) < 4.78 is 11.8. The quantitative estimate of drug-likeness (QED) is 0.186. The molecule has 4 fully saturated rings. The summed E-state index contributed by atoms with van der Waals surface area (Å²) in [6, 6.07) is 0. The third-order valence-corrected chi connectivity index (χ3v) is 14.4. The highest BCUT2D eigenvalue weighted by Crippen LogP contribution is 2.76. The number of carbonyl (C=O) groups is 1. The number of hydrogen-bond acceptors (Lipinski definition) is 5. The predicted octanol–water partition coefficient (Wildman–Crippen LogP) is 8.48. The third kappa shape index (κ3) is 5.75. The number of methoxy groups -OCH3 is 1.